The molecule has 0 saturated carbocycles. The van der Waals surface area contributed by atoms with Gasteiger partial charge >= 0.3 is 6.18 Å². The van der Waals surface area contributed by atoms with Crippen molar-refractivity contribution in [3.8, 4) is 33.3 Å². The second-order valence-electron chi connectivity index (χ2n) is 6.43. The highest BCUT2D eigenvalue weighted by molar-refractivity contribution is 7.97. The molecule has 2 aromatic heterocycles. The lowest BCUT2D eigenvalue weighted by molar-refractivity contribution is -0.133. The molecule has 0 unspecified atom stereocenters. The maximum atomic E-state index is 13.6. The van der Waals surface area contributed by atoms with E-state index in [0.29, 0.717) is 22.7 Å². The quantitative estimate of drug-likeness (QED) is 0.346. The molecule has 0 amide bonds. The molecule has 4 nitrogen and oxygen atoms in total. The van der Waals surface area contributed by atoms with Crippen LogP contribution in [0.5, 0.6) is 0 Å². The molecule has 30 heavy (non-hydrogen) atoms. The van der Waals surface area contributed by atoms with Gasteiger partial charge in [-0.05, 0) is 53.8 Å². The van der Waals surface area contributed by atoms with Gasteiger partial charge in [0.05, 0.1) is 4.88 Å². The van der Waals surface area contributed by atoms with Crippen LogP contribution < -0.4 is 5.14 Å². The maximum Gasteiger partial charge on any atom is 0.426 e. The first-order chi connectivity index (χ1) is 14.4. The summed E-state index contributed by atoms with van der Waals surface area (Å²) in [5, 5.41) is 9.64. The summed E-state index contributed by atoms with van der Waals surface area (Å²) >= 11 is 1.76. The van der Waals surface area contributed by atoms with Crippen LogP contribution in [0, 0.1) is 0 Å². The fraction of sp³-hybridized carbons (Fsp3) is 0.143. The lowest BCUT2D eigenvalue weighted by Crippen LogP contribution is -2.03. The number of benzene rings is 2. The van der Waals surface area contributed by atoms with Crippen molar-refractivity contribution in [2.45, 2.75) is 24.4 Å². The molecule has 0 atom stereocenters. The smallest absolute Gasteiger partial charge is 0.333 e. The molecule has 2 aromatic carbocycles. The van der Waals surface area contributed by atoms with E-state index in [-0.39, 0.29) is 16.3 Å². The lowest BCUT2D eigenvalue weighted by Gasteiger charge is -2.07. The van der Waals surface area contributed by atoms with E-state index >= 15 is 0 Å². The van der Waals surface area contributed by atoms with Gasteiger partial charge in [0.2, 0.25) is 5.82 Å². The van der Waals surface area contributed by atoms with Gasteiger partial charge in [-0.25, -0.2) is 0 Å². The van der Waals surface area contributed by atoms with Crippen LogP contribution in [-0.2, 0) is 12.6 Å². The first-order valence-electron chi connectivity index (χ1n) is 9.01. The summed E-state index contributed by atoms with van der Waals surface area (Å²) in [4.78, 5) is 4.86. The van der Waals surface area contributed by atoms with E-state index in [0.717, 1.165) is 34.4 Å². The van der Waals surface area contributed by atoms with Gasteiger partial charge in [0, 0.05) is 16.0 Å². The maximum absolute atomic E-state index is 13.6. The second kappa shape index (κ2) is 8.25. The minimum Gasteiger partial charge on any atom is -0.333 e. The molecule has 0 bridgehead atoms. The number of aryl methyl sites for hydroxylation is 1. The molecule has 0 aliphatic carbocycles. The number of nitrogens with zero attached hydrogens (tertiary/aromatic N) is 2. The summed E-state index contributed by atoms with van der Waals surface area (Å²) in [6.07, 6.45) is -3.71. The normalized spacial score (nSPS) is 11.8. The molecule has 0 spiro atoms. The van der Waals surface area contributed by atoms with Crippen LogP contribution in [0.4, 0.5) is 13.2 Å². The van der Waals surface area contributed by atoms with E-state index in [1.807, 2.05) is 25.1 Å². The van der Waals surface area contributed by atoms with Crippen molar-refractivity contribution in [2.24, 2.45) is 5.14 Å². The Morgan fingerprint density at radius 3 is 2.50 bits per heavy atom. The number of nitrogens with two attached hydrogens (primary N) is 1. The van der Waals surface area contributed by atoms with Crippen molar-refractivity contribution in [1.82, 2.24) is 10.1 Å². The predicted octanol–water partition coefficient (Wildman–Crippen LogP) is 6.68. The first kappa shape index (κ1) is 20.6. The van der Waals surface area contributed by atoms with Gasteiger partial charge in [0.15, 0.2) is 0 Å². The number of halogens is 3. The zero-order valence-electron chi connectivity index (χ0n) is 15.7. The SMILES string of the molecule is CCc1cc(-c2noc(-c3cc(-c4ccccc4)c(C(F)(F)F)s3)n2)ccc1SN. The Hall–Kier alpha value is -2.62. The van der Waals surface area contributed by atoms with Gasteiger partial charge in [0.1, 0.15) is 4.88 Å². The summed E-state index contributed by atoms with van der Waals surface area (Å²) < 4.78 is 46.2. The average molecular weight is 448 g/mol. The zero-order chi connectivity index (χ0) is 21.3. The molecule has 154 valence electrons. The van der Waals surface area contributed by atoms with Crippen molar-refractivity contribution in [3.05, 3.63) is 65.0 Å². The van der Waals surface area contributed by atoms with E-state index in [1.54, 1.807) is 30.3 Å². The fourth-order valence-electron chi connectivity index (χ4n) is 3.09. The number of alkyl halides is 3. The van der Waals surface area contributed by atoms with E-state index < -0.39 is 11.1 Å². The molecule has 9 heteroatoms. The van der Waals surface area contributed by atoms with E-state index in [9.17, 15) is 13.2 Å². The third-order valence-electron chi connectivity index (χ3n) is 4.54. The third-order valence-corrected chi connectivity index (χ3v) is 6.36. The largest absolute Gasteiger partial charge is 0.426 e. The number of hydrogen-bond acceptors (Lipinski definition) is 6. The van der Waals surface area contributed by atoms with Crippen molar-refractivity contribution >= 4 is 23.3 Å². The minimum absolute atomic E-state index is 0.0537. The highest BCUT2D eigenvalue weighted by Gasteiger charge is 2.37. The van der Waals surface area contributed by atoms with Crippen LogP contribution in [-0.4, -0.2) is 10.1 Å². The fourth-order valence-corrected chi connectivity index (χ4v) is 4.56. The van der Waals surface area contributed by atoms with Crippen molar-refractivity contribution < 1.29 is 17.7 Å². The molecule has 4 rings (SSSR count). The highest BCUT2D eigenvalue weighted by atomic mass is 32.2. The predicted molar refractivity (Wildman–Crippen MR) is 113 cm³/mol. The molecule has 0 saturated heterocycles. The number of rotatable bonds is 5. The van der Waals surface area contributed by atoms with E-state index in [4.69, 9.17) is 9.66 Å². The Kier molecular flexibility index (Phi) is 5.68. The van der Waals surface area contributed by atoms with Crippen molar-refractivity contribution in [3.63, 3.8) is 0 Å². The van der Waals surface area contributed by atoms with Crippen LogP contribution in [0.2, 0.25) is 0 Å². The molecule has 0 fully saturated rings. The van der Waals surface area contributed by atoms with Crippen molar-refractivity contribution in [2.75, 3.05) is 0 Å². The van der Waals surface area contributed by atoms with Crippen LogP contribution in [0.25, 0.3) is 33.3 Å². The van der Waals surface area contributed by atoms with Crippen LogP contribution in [0.3, 0.4) is 0 Å². The van der Waals surface area contributed by atoms with Gasteiger partial charge < -0.3 is 4.52 Å². The van der Waals surface area contributed by atoms with Gasteiger partial charge in [-0.2, -0.15) is 18.2 Å². The van der Waals surface area contributed by atoms with Gasteiger partial charge in [-0.3, -0.25) is 5.14 Å². The Balaban J connectivity index is 1.75. The summed E-state index contributed by atoms with van der Waals surface area (Å²) in [6, 6.07) is 15.5. The molecule has 0 radical (unpaired) electrons. The van der Waals surface area contributed by atoms with Gasteiger partial charge in [-0.15, -0.1) is 11.3 Å². The van der Waals surface area contributed by atoms with Crippen LogP contribution >= 0.6 is 23.3 Å². The lowest BCUT2D eigenvalue weighted by atomic mass is 10.1. The second-order valence-corrected chi connectivity index (χ2v) is 8.16. The zero-order valence-corrected chi connectivity index (χ0v) is 17.4. The van der Waals surface area contributed by atoms with Gasteiger partial charge in [0.25, 0.3) is 5.89 Å². The summed E-state index contributed by atoms with van der Waals surface area (Å²) in [7, 11) is 0. The standard InChI is InChI=1S/C21H16F3N3OS2/c1-2-12-10-14(8-9-16(12)30-25)19-26-20(28-27-19)17-11-15(13-6-4-3-5-7-13)18(29-17)21(22,23)24/h3-11H,2,25H2,1H3. The minimum atomic E-state index is -4.48. The Bertz CT molecular complexity index is 1170. The molecule has 0 aliphatic heterocycles. The molecule has 4 aromatic rings. The van der Waals surface area contributed by atoms with Crippen LogP contribution in [0.1, 0.15) is 17.4 Å². The summed E-state index contributed by atoms with van der Waals surface area (Å²) in [5.74, 6) is 0.370. The number of thiophene rings is 1. The average Bonchev–Trinajstić information content (AvgIpc) is 3.41. The van der Waals surface area contributed by atoms with Gasteiger partial charge in [-0.1, -0.05) is 42.4 Å². The Morgan fingerprint density at radius 1 is 1.07 bits per heavy atom. The van der Waals surface area contributed by atoms with Crippen LogP contribution in [0.15, 0.2) is 64.0 Å². The highest BCUT2D eigenvalue weighted by Crippen LogP contribution is 2.45. The van der Waals surface area contributed by atoms with E-state index in [2.05, 4.69) is 10.1 Å². The number of hydrogen-bond donors (Lipinski definition) is 1. The Labute approximate surface area is 179 Å². The molecular formula is C21H16F3N3OS2. The monoisotopic (exact) mass is 447 g/mol. The summed E-state index contributed by atoms with van der Waals surface area (Å²) in [6.45, 7) is 2.01. The topological polar surface area (TPSA) is 64.9 Å². The third kappa shape index (κ3) is 4.00. The first-order valence-corrected chi connectivity index (χ1v) is 10.7. The molecule has 2 heterocycles. The molecule has 2 N–H and O–H groups in total. The summed E-state index contributed by atoms with van der Waals surface area (Å²) in [5.41, 5.74) is 2.33. The Morgan fingerprint density at radius 2 is 1.83 bits per heavy atom. The van der Waals surface area contributed by atoms with Crippen molar-refractivity contribution in [1.29, 1.82) is 0 Å². The van der Waals surface area contributed by atoms with E-state index in [1.165, 1.54) is 6.07 Å². The molecule has 0 aliphatic rings. The number of aromatic nitrogens is 2. The molecular weight excluding hydrogens is 431 g/mol.